The van der Waals surface area contributed by atoms with Crippen molar-refractivity contribution in [3.8, 4) is 11.5 Å². The van der Waals surface area contributed by atoms with Crippen molar-refractivity contribution in [1.29, 1.82) is 0 Å². The Morgan fingerprint density at radius 2 is 1.81 bits per heavy atom. The molecule has 0 saturated carbocycles. The summed E-state index contributed by atoms with van der Waals surface area (Å²) >= 11 is 3.53. The molecular formula is C26H21BrN2O3. The molecule has 160 valence electrons. The van der Waals surface area contributed by atoms with E-state index in [1.807, 2.05) is 55.5 Å². The van der Waals surface area contributed by atoms with Crippen molar-refractivity contribution < 1.29 is 14.6 Å². The van der Waals surface area contributed by atoms with E-state index in [-0.39, 0.29) is 11.3 Å². The Morgan fingerprint density at radius 1 is 1.06 bits per heavy atom. The second-order valence-electron chi connectivity index (χ2n) is 7.28. The molecule has 4 rings (SSSR count). The molecule has 0 aromatic heterocycles. The van der Waals surface area contributed by atoms with Gasteiger partial charge in [-0.2, -0.15) is 0 Å². The highest BCUT2D eigenvalue weighted by Gasteiger charge is 2.18. The number of aromatic hydroxyl groups is 1. The number of para-hydroxylation sites is 2. The SMILES string of the molecule is COc1ccccc1NC(=O)c1cc2ccccc2c(/C=N/c2ccc(C)cc2Br)c1O. The van der Waals surface area contributed by atoms with E-state index in [2.05, 4.69) is 26.2 Å². The quantitative estimate of drug-likeness (QED) is 0.309. The third-order valence-corrected chi connectivity index (χ3v) is 5.73. The molecule has 4 aromatic carbocycles. The number of nitrogens with one attached hydrogen (secondary N) is 1. The van der Waals surface area contributed by atoms with Crippen LogP contribution in [-0.2, 0) is 0 Å². The van der Waals surface area contributed by atoms with Crippen LogP contribution in [0.3, 0.4) is 0 Å². The van der Waals surface area contributed by atoms with Gasteiger partial charge in [-0.05, 0) is 69.5 Å². The average Bonchev–Trinajstić information content (AvgIpc) is 2.79. The summed E-state index contributed by atoms with van der Waals surface area (Å²) < 4.78 is 6.16. The maximum Gasteiger partial charge on any atom is 0.259 e. The zero-order valence-corrected chi connectivity index (χ0v) is 19.2. The van der Waals surface area contributed by atoms with E-state index in [1.165, 1.54) is 7.11 Å². The molecule has 1 amide bonds. The Kier molecular flexibility index (Phi) is 6.23. The summed E-state index contributed by atoms with van der Waals surface area (Å²) in [6.45, 7) is 2.00. The second kappa shape index (κ2) is 9.24. The van der Waals surface area contributed by atoms with Gasteiger partial charge in [-0.25, -0.2) is 0 Å². The van der Waals surface area contributed by atoms with Crippen molar-refractivity contribution in [1.82, 2.24) is 0 Å². The lowest BCUT2D eigenvalue weighted by molar-refractivity contribution is 0.102. The number of phenolic OH excluding ortho intramolecular Hbond substituents is 1. The molecule has 0 aliphatic rings. The minimum absolute atomic E-state index is 0.136. The molecule has 0 fully saturated rings. The van der Waals surface area contributed by atoms with Crippen LogP contribution in [0.2, 0.25) is 0 Å². The van der Waals surface area contributed by atoms with Crippen LogP contribution in [0, 0.1) is 6.92 Å². The lowest BCUT2D eigenvalue weighted by Crippen LogP contribution is -2.13. The number of ether oxygens (including phenoxy) is 1. The molecule has 4 aromatic rings. The number of anilines is 1. The van der Waals surface area contributed by atoms with Gasteiger partial charge >= 0.3 is 0 Å². The first kappa shape index (κ1) is 21.6. The number of carbonyl (C=O) groups is 1. The van der Waals surface area contributed by atoms with Gasteiger partial charge in [0.05, 0.1) is 24.0 Å². The van der Waals surface area contributed by atoms with E-state index in [4.69, 9.17) is 4.74 Å². The molecule has 5 nitrogen and oxygen atoms in total. The summed E-state index contributed by atoms with van der Waals surface area (Å²) in [5.41, 5.74) is 2.98. The summed E-state index contributed by atoms with van der Waals surface area (Å²) in [7, 11) is 1.54. The summed E-state index contributed by atoms with van der Waals surface area (Å²) in [5, 5.41) is 15.5. The minimum Gasteiger partial charge on any atom is -0.506 e. The minimum atomic E-state index is -0.441. The molecule has 0 atom stereocenters. The Balaban J connectivity index is 1.79. The van der Waals surface area contributed by atoms with Gasteiger partial charge in [0.25, 0.3) is 5.91 Å². The predicted molar refractivity (Wildman–Crippen MR) is 133 cm³/mol. The molecule has 0 bridgehead atoms. The molecule has 0 aliphatic carbocycles. The second-order valence-corrected chi connectivity index (χ2v) is 8.13. The number of rotatable bonds is 5. The maximum absolute atomic E-state index is 13.1. The molecule has 0 spiro atoms. The fraction of sp³-hybridized carbons (Fsp3) is 0.0769. The zero-order chi connectivity index (χ0) is 22.7. The molecule has 0 aliphatic heterocycles. The maximum atomic E-state index is 13.1. The molecule has 0 radical (unpaired) electrons. The fourth-order valence-corrected chi connectivity index (χ4v) is 4.05. The van der Waals surface area contributed by atoms with Crippen LogP contribution in [0.25, 0.3) is 10.8 Å². The molecule has 32 heavy (non-hydrogen) atoms. The molecular weight excluding hydrogens is 468 g/mol. The fourth-order valence-electron chi connectivity index (χ4n) is 3.46. The van der Waals surface area contributed by atoms with E-state index in [9.17, 15) is 9.90 Å². The highest BCUT2D eigenvalue weighted by molar-refractivity contribution is 9.10. The standard InChI is InChI=1S/C26H21BrN2O3/c1-16-11-12-22(21(27)13-16)28-15-20-18-8-4-3-7-17(18)14-19(25(20)30)26(31)29-23-9-5-6-10-24(23)32-2/h3-15,30H,1-2H3,(H,29,31)/b28-15+. The number of aryl methyl sites for hydroxylation is 1. The molecule has 0 saturated heterocycles. The van der Waals surface area contributed by atoms with Gasteiger partial charge in [0, 0.05) is 16.3 Å². The van der Waals surface area contributed by atoms with Crippen molar-refractivity contribution in [2.45, 2.75) is 6.92 Å². The van der Waals surface area contributed by atoms with Gasteiger partial charge in [0.15, 0.2) is 0 Å². The average molecular weight is 489 g/mol. The van der Waals surface area contributed by atoms with E-state index in [0.717, 1.165) is 26.5 Å². The number of phenols is 1. The topological polar surface area (TPSA) is 70.9 Å². The van der Waals surface area contributed by atoms with Crippen LogP contribution >= 0.6 is 15.9 Å². The van der Waals surface area contributed by atoms with Gasteiger partial charge in [0.2, 0.25) is 0 Å². The van der Waals surface area contributed by atoms with Gasteiger partial charge in [-0.1, -0.05) is 42.5 Å². The largest absolute Gasteiger partial charge is 0.506 e. The Labute approximate surface area is 194 Å². The van der Waals surface area contributed by atoms with E-state index < -0.39 is 5.91 Å². The highest BCUT2D eigenvalue weighted by Crippen LogP contribution is 2.33. The van der Waals surface area contributed by atoms with Crippen molar-refractivity contribution in [3.63, 3.8) is 0 Å². The monoisotopic (exact) mass is 488 g/mol. The van der Waals surface area contributed by atoms with E-state index in [0.29, 0.717) is 17.0 Å². The number of hydrogen-bond acceptors (Lipinski definition) is 4. The third-order valence-electron chi connectivity index (χ3n) is 5.10. The molecule has 0 heterocycles. The molecule has 2 N–H and O–H groups in total. The van der Waals surface area contributed by atoms with Crippen LogP contribution in [0.15, 0.2) is 82.3 Å². The van der Waals surface area contributed by atoms with Gasteiger partial charge in [-0.15, -0.1) is 0 Å². The highest BCUT2D eigenvalue weighted by atomic mass is 79.9. The number of benzene rings is 4. The van der Waals surface area contributed by atoms with Crippen LogP contribution in [-0.4, -0.2) is 24.3 Å². The summed E-state index contributed by atoms with van der Waals surface area (Å²) in [6, 6.07) is 22.2. The van der Waals surface area contributed by atoms with Crippen molar-refractivity contribution >= 4 is 50.2 Å². The van der Waals surface area contributed by atoms with Crippen LogP contribution in [0.5, 0.6) is 11.5 Å². The Morgan fingerprint density at radius 3 is 2.59 bits per heavy atom. The number of amides is 1. The Bertz CT molecular complexity index is 1350. The van der Waals surface area contributed by atoms with Crippen molar-refractivity contribution in [2.24, 2.45) is 4.99 Å². The first-order valence-electron chi connectivity index (χ1n) is 9.97. The summed E-state index contributed by atoms with van der Waals surface area (Å²) in [6.07, 6.45) is 1.59. The number of halogens is 1. The van der Waals surface area contributed by atoms with Gasteiger partial charge < -0.3 is 15.2 Å². The van der Waals surface area contributed by atoms with Crippen LogP contribution < -0.4 is 10.1 Å². The van der Waals surface area contributed by atoms with E-state index >= 15 is 0 Å². The number of methoxy groups -OCH3 is 1. The third kappa shape index (κ3) is 4.36. The number of nitrogens with zero attached hydrogens (tertiary/aromatic N) is 1. The van der Waals surface area contributed by atoms with Gasteiger partial charge in [0.1, 0.15) is 11.5 Å². The molecule has 6 heteroatoms. The first-order valence-corrected chi connectivity index (χ1v) is 10.8. The van der Waals surface area contributed by atoms with Gasteiger partial charge in [-0.3, -0.25) is 9.79 Å². The molecule has 0 unspecified atom stereocenters. The van der Waals surface area contributed by atoms with Crippen molar-refractivity contribution in [3.05, 3.63) is 94.0 Å². The van der Waals surface area contributed by atoms with Crippen molar-refractivity contribution in [2.75, 3.05) is 12.4 Å². The zero-order valence-electron chi connectivity index (χ0n) is 17.6. The normalized spacial score (nSPS) is 11.1. The number of fused-ring (bicyclic) bond motifs is 1. The predicted octanol–water partition coefficient (Wildman–Crippen LogP) is 6.63. The smallest absolute Gasteiger partial charge is 0.259 e. The number of hydrogen-bond donors (Lipinski definition) is 2. The lowest BCUT2D eigenvalue weighted by atomic mass is 9.99. The Hall–Kier alpha value is -3.64. The van der Waals surface area contributed by atoms with Crippen LogP contribution in [0.1, 0.15) is 21.5 Å². The first-order chi connectivity index (χ1) is 15.5. The summed E-state index contributed by atoms with van der Waals surface area (Å²) in [5.74, 6) is -0.0425. The lowest BCUT2D eigenvalue weighted by Gasteiger charge is -2.13. The summed E-state index contributed by atoms with van der Waals surface area (Å²) in [4.78, 5) is 17.6. The number of carbonyl (C=O) groups excluding carboxylic acids is 1. The van der Waals surface area contributed by atoms with Crippen LogP contribution in [0.4, 0.5) is 11.4 Å². The number of aliphatic imine (C=N–C) groups is 1. The van der Waals surface area contributed by atoms with E-state index in [1.54, 1.807) is 30.5 Å².